The van der Waals surface area contributed by atoms with Crippen molar-refractivity contribution >= 4 is 33.5 Å². The monoisotopic (exact) mass is 362 g/mol. The maximum atomic E-state index is 5.90. The van der Waals surface area contributed by atoms with E-state index in [4.69, 9.17) is 10.5 Å². The Morgan fingerprint density at radius 3 is 2.64 bits per heavy atom. The second-order valence-corrected chi connectivity index (χ2v) is 7.91. The van der Waals surface area contributed by atoms with E-state index in [1.165, 1.54) is 12.8 Å². The van der Waals surface area contributed by atoms with Crippen LogP contribution in [0.25, 0.3) is 10.3 Å². The van der Waals surface area contributed by atoms with Gasteiger partial charge in [-0.1, -0.05) is 18.3 Å². The summed E-state index contributed by atoms with van der Waals surface area (Å²) in [5, 5.41) is 4.67. The third-order valence-electron chi connectivity index (χ3n) is 5.22. The fourth-order valence-corrected chi connectivity index (χ4v) is 4.74. The van der Waals surface area contributed by atoms with Gasteiger partial charge in [-0.15, -0.1) is 0 Å². The number of anilines is 2. The van der Waals surface area contributed by atoms with Gasteiger partial charge in [0.2, 0.25) is 5.95 Å². The van der Waals surface area contributed by atoms with Crippen LogP contribution in [0.4, 0.5) is 11.8 Å². The van der Waals surface area contributed by atoms with E-state index in [1.807, 2.05) is 0 Å². The van der Waals surface area contributed by atoms with Crippen molar-refractivity contribution < 1.29 is 4.74 Å². The molecule has 0 bridgehead atoms. The molecule has 3 N–H and O–H groups in total. The number of aryl methyl sites for hydroxylation is 1. The van der Waals surface area contributed by atoms with Crippen LogP contribution in [0.15, 0.2) is 0 Å². The van der Waals surface area contributed by atoms with Gasteiger partial charge in [0.15, 0.2) is 10.6 Å². The number of aromatic nitrogens is 3. The molecule has 0 unspecified atom stereocenters. The molecule has 1 aliphatic carbocycles. The van der Waals surface area contributed by atoms with Crippen molar-refractivity contribution in [2.45, 2.75) is 51.1 Å². The highest BCUT2D eigenvalue weighted by atomic mass is 32.1. The first-order chi connectivity index (χ1) is 12.2. The fourth-order valence-electron chi connectivity index (χ4n) is 3.85. The Morgan fingerprint density at radius 1 is 1.16 bits per heavy atom. The Labute approximate surface area is 152 Å². The average molecular weight is 363 g/mol. The quantitative estimate of drug-likeness (QED) is 0.862. The third-order valence-corrected chi connectivity index (χ3v) is 6.32. The number of hydrogen-bond donors (Lipinski definition) is 2. The van der Waals surface area contributed by atoms with E-state index in [1.54, 1.807) is 11.3 Å². The number of thiazole rings is 1. The third kappa shape index (κ3) is 3.70. The number of nitrogen functional groups attached to an aromatic ring is 1. The van der Waals surface area contributed by atoms with Gasteiger partial charge in [0.05, 0.1) is 18.2 Å². The minimum absolute atomic E-state index is 0.323. The lowest BCUT2D eigenvalue weighted by Crippen LogP contribution is -2.46. The minimum Gasteiger partial charge on any atom is -0.379 e. The molecule has 2 fully saturated rings. The highest BCUT2D eigenvalue weighted by Crippen LogP contribution is 2.30. The summed E-state index contributed by atoms with van der Waals surface area (Å²) in [4.78, 5) is 16.9. The van der Waals surface area contributed by atoms with E-state index in [9.17, 15) is 0 Å². The number of hydrogen-bond acceptors (Lipinski definition) is 8. The van der Waals surface area contributed by atoms with Gasteiger partial charge in [-0.05, 0) is 32.1 Å². The van der Waals surface area contributed by atoms with Gasteiger partial charge in [0.1, 0.15) is 5.52 Å². The molecular weight excluding hydrogens is 336 g/mol. The summed E-state index contributed by atoms with van der Waals surface area (Å²) in [6, 6.07) is 1.13. The van der Waals surface area contributed by atoms with Gasteiger partial charge in [-0.2, -0.15) is 4.98 Å². The SMILES string of the molecule is CCc1nc2c(N[C@H]3CC[C@H](N4CCOCC4)CC3)nc(N)nc2s1. The Kier molecular flexibility index (Phi) is 5.00. The van der Waals surface area contributed by atoms with Crippen LogP contribution < -0.4 is 11.1 Å². The van der Waals surface area contributed by atoms with Crippen LogP contribution in [-0.4, -0.2) is 58.2 Å². The number of fused-ring (bicyclic) bond motifs is 1. The Balaban J connectivity index is 1.43. The maximum Gasteiger partial charge on any atom is 0.223 e. The number of nitrogens with two attached hydrogens (primary N) is 1. The second-order valence-electron chi connectivity index (χ2n) is 6.84. The molecule has 1 aliphatic heterocycles. The smallest absolute Gasteiger partial charge is 0.223 e. The van der Waals surface area contributed by atoms with E-state index in [0.717, 1.165) is 66.7 Å². The molecule has 3 heterocycles. The lowest BCUT2D eigenvalue weighted by Gasteiger charge is -2.39. The van der Waals surface area contributed by atoms with Gasteiger partial charge in [-0.25, -0.2) is 9.97 Å². The van der Waals surface area contributed by atoms with Crippen molar-refractivity contribution in [1.82, 2.24) is 19.9 Å². The molecule has 1 saturated heterocycles. The molecule has 25 heavy (non-hydrogen) atoms. The minimum atomic E-state index is 0.323. The lowest BCUT2D eigenvalue weighted by molar-refractivity contribution is 0.00791. The zero-order chi connectivity index (χ0) is 17.2. The van der Waals surface area contributed by atoms with Crippen molar-refractivity contribution in [3.63, 3.8) is 0 Å². The molecule has 0 atom stereocenters. The molecule has 2 aromatic heterocycles. The number of nitrogens with zero attached hydrogens (tertiary/aromatic N) is 4. The number of rotatable bonds is 4. The molecule has 4 rings (SSSR count). The van der Waals surface area contributed by atoms with Crippen LogP contribution in [0.2, 0.25) is 0 Å². The normalized spacial score (nSPS) is 25.3. The first kappa shape index (κ1) is 16.9. The highest BCUT2D eigenvalue weighted by molar-refractivity contribution is 7.18. The summed E-state index contributed by atoms with van der Waals surface area (Å²) in [6.07, 6.45) is 5.65. The Morgan fingerprint density at radius 2 is 1.92 bits per heavy atom. The Bertz CT molecular complexity index is 721. The predicted molar refractivity (Wildman–Crippen MR) is 101 cm³/mol. The van der Waals surface area contributed by atoms with Gasteiger partial charge in [-0.3, -0.25) is 4.90 Å². The van der Waals surface area contributed by atoms with Crippen LogP contribution in [0.1, 0.15) is 37.6 Å². The standard InChI is InChI=1S/C17H26N6OS/c1-2-13-20-14-15(21-17(18)22-16(14)25-13)19-11-3-5-12(6-4-11)23-7-9-24-10-8-23/h11-12H,2-10H2,1H3,(H3,18,19,21,22)/t11-,12-. The van der Waals surface area contributed by atoms with Gasteiger partial charge >= 0.3 is 0 Å². The molecule has 2 aliphatic rings. The molecule has 8 heteroatoms. The summed E-state index contributed by atoms with van der Waals surface area (Å²) in [7, 11) is 0. The molecule has 1 saturated carbocycles. The largest absolute Gasteiger partial charge is 0.379 e. The number of ether oxygens (including phenoxy) is 1. The topological polar surface area (TPSA) is 89.2 Å². The molecule has 2 aromatic rings. The maximum absolute atomic E-state index is 5.90. The van der Waals surface area contributed by atoms with Crippen LogP contribution in [0, 0.1) is 0 Å². The molecule has 0 radical (unpaired) electrons. The average Bonchev–Trinajstić information content (AvgIpc) is 3.06. The van der Waals surface area contributed by atoms with Crippen LogP contribution in [0.5, 0.6) is 0 Å². The second kappa shape index (κ2) is 7.39. The Hall–Kier alpha value is -1.51. The van der Waals surface area contributed by atoms with Crippen LogP contribution >= 0.6 is 11.3 Å². The van der Waals surface area contributed by atoms with Crippen LogP contribution in [-0.2, 0) is 11.2 Å². The van der Waals surface area contributed by atoms with E-state index in [-0.39, 0.29) is 0 Å². The van der Waals surface area contributed by atoms with Crippen molar-refractivity contribution in [3.8, 4) is 0 Å². The van der Waals surface area contributed by atoms with Gasteiger partial charge in [0, 0.05) is 25.2 Å². The molecule has 0 spiro atoms. The molecule has 7 nitrogen and oxygen atoms in total. The van der Waals surface area contributed by atoms with Gasteiger partial charge in [0.25, 0.3) is 0 Å². The van der Waals surface area contributed by atoms with Crippen LogP contribution in [0.3, 0.4) is 0 Å². The first-order valence-corrected chi connectivity index (χ1v) is 10.1. The number of morpholine rings is 1. The highest BCUT2D eigenvalue weighted by Gasteiger charge is 2.27. The predicted octanol–water partition coefficient (Wildman–Crippen LogP) is 2.29. The zero-order valence-electron chi connectivity index (χ0n) is 14.7. The van der Waals surface area contributed by atoms with E-state index in [2.05, 4.69) is 32.1 Å². The fraction of sp³-hybridized carbons (Fsp3) is 0.706. The number of nitrogens with one attached hydrogen (secondary N) is 1. The lowest BCUT2D eigenvalue weighted by atomic mass is 9.90. The van der Waals surface area contributed by atoms with Crippen molar-refractivity contribution in [3.05, 3.63) is 5.01 Å². The molecule has 0 amide bonds. The van der Waals surface area contributed by atoms with E-state index >= 15 is 0 Å². The summed E-state index contributed by atoms with van der Waals surface area (Å²) < 4.78 is 5.47. The van der Waals surface area contributed by atoms with E-state index < -0.39 is 0 Å². The summed E-state index contributed by atoms with van der Waals surface area (Å²) in [5.41, 5.74) is 6.77. The summed E-state index contributed by atoms with van der Waals surface area (Å²) >= 11 is 1.61. The zero-order valence-corrected chi connectivity index (χ0v) is 15.5. The van der Waals surface area contributed by atoms with Gasteiger partial charge < -0.3 is 15.8 Å². The van der Waals surface area contributed by atoms with Crippen molar-refractivity contribution in [2.75, 3.05) is 37.4 Å². The summed E-state index contributed by atoms with van der Waals surface area (Å²) in [6.45, 7) is 6.00. The van der Waals surface area contributed by atoms with Crippen molar-refractivity contribution in [2.24, 2.45) is 0 Å². The first-order valence-electron chi connectivity index (χ1n) is 9.24. The summed E-state index contributed by atoms with van der Waals surface area (Å²) in [5.74, 6) is 1.12. The molecule has 136 valence electrons. The molecular formula is C17H26N6OS. The molecule has 0 aromatic carbocycles. The van der Waals surface area contributed by atoms with E-state index in [0.29, 0.717) is 18.0 Å². The van der Waals surface area contributed by atoms with Crippen molar-refractivity contribution in [1.29, 1.82) is 0 Å².